The van der Waals surface area contributed by atoms with E-state index in [1.807, 2.05) is 12.1 Å². The number of rotatable bonds is 3. The summed E-state index contributed by atoms with van der Waals surface area (Å²) in [4.78, 5) is 26.9. The minimum Gasteiger partial charge on any atom is -0.507 e. The molecule has 1 aliphatic rings. The van der Waals surface area contributed by atoms with Crippen molar-refractivity contribution in [2.24, 2.45) is 0 Å². The van der Waals surface area contributed by atoms with E-state index in [1.54, 1.807) is 12.4 Å². The number of phenols is 1. The van der Waals surface area contributed by atoms with Gasteiger partial charge in [-0.05, 0) is 46.1 Å². The van der Waals surface area contributed by atoms with Crippen LogP contribution in [0.5, 0.6) is 5.75 Å². The number of H-pyrrole nitrogens is 1. The average molecular weight is 447 g/mol. The molecule has 0 amide bonds. The first-order valence-corrected chi connectivity index (χ1v) is 11.5. The SMILES string of the molecule is CC(C)(C)c1cc(CN2CCc3c(nc(-c4cccnc4)[nH]c3=O)C2)cc(C(C)(C)C)c1O. The van der Waals surface area contributed by atoms with E-state index in [-0.39, 0.29) is 16.4 Å². The Morgan fingerprint density at radius 1 is 1.09 bits per heavy atom. The van der Waals surface area contributed by atoms with E-state index in [2.05, 4.69) is 68.5 Å². The van der Waals surface area contributed by atoms with Crippen LogP contribution in [0.4, 0.5) is 0 Å². The van der Waals surface area contributed by atoms with Gasteiger partial charge in [0.25, 0.3) is 5.56 Å². The van der Waals surface area contributed by atoms with Crippen molar-refractivity contribution in [1.82, 2.24) is 19.9 Å². The van der Waals surface area contributed by atoms with E-state index in [0.717, 1.165) is 41.0 Å². The van der Waals surface area contributed by atoms with Crippen LogP contribution >= 0.6 is 0 Å². The first kappa shape index (κ1) is 23.2. The third-order valence-corrected chi connectivity index (χ3v) is 6.28. The van der Waals surface area contributed by atoms with Crippen LogP contribution in [0.25, 0.3) is 11.4 Å². The van der Waals surface area contributed by atoms with E-state index in [1.165, 1.54) is 5.56 Å². The summed E-state index contributed by atoms with van der Waals surface area (Å²) in [6, 6.07) is 8.00. The van der Waals surface area contributed by atoms with Gasteiger partial charge in [-0.3, -0.25) is 14.7 Å². The third-order valence-electron chi connectivity index (χ3n) is 6.28. The predicted octanol–water partition coefficient (Wildman–Crippen LogP) is 4.69. The molecule has 1 aliphatic heterocycles. The third kappa shape index (κ3) is 4.86. The molecule has 6 heteroatoms. The summed E-state index contributed by atoms with van der Waals surface area (Å²) in [5, 5.41) is 11.0. The van der Waals surface area contributed by atoms with Crippen molar-refractivity contribution in [1.29, 1.82) is 0 Å². The molecule has 0 fully saturated rings. The highest BCUT2D eigenvalue weighted by molar-refractivity contribution is 5.53. The van der Waals surface area contributed by atoms with Crippen LogP contribution in [0, 0.1) is 0 Å². The number of fused-ring (bicyclic) bond motifs is 1. The minimum atomic E-state index is -0.165. The summed E-state index contributed by atoms with van der Waals surface area (Å²) in [5.41, 5.74) is 5.12. The maximum Gasteiger partial charge on any atom is 0.254 e. The first-order valence-electron chi connectivity index (χ1n) is 11.5. The molecule has 6 nitrogen and oxygen atoms in total. The highest BCUT2D eigenvalue weighted by atomic mass is 16.3. The summed E-state index contributed by atoms with van der Waals surface area (Å²) in [6.45, 7) is 14.9. The molecular formula is C27H34N4O2. The van der Waals surface area contributed by atoms with Crippen LogP contribution in [-0.4, -0.2) is 31.5 Å². The van der Waals surface area contributed by atoms with Gasteiger partial charge in [0.15, 0.2) is 0 Å². The Hall–Kier alpha value is -2.99. The van der Waals surface area contributed by atoms with Gasteiger partial charge in [0.05, 0.1) is 5.69 Å². The van der Waals surface area contributed by atoms with E-state index in [4.69, 9.17) is 4.98 Å². The lowest BCUT2D eigenvalue weighted by Gasteiger charge is -2.31. The van der Waals surface area contributed by atoms with E-state index in [9.17, 15) is 9.90 Å². The standard InChI is InChI=1S/C27H34N4O2/c1-26(2,3)20-12-17(13-21(23(20)32)27(4,5)6)15-31-11-9-19-22(16-31)29-24(30-25(19)33)18-8-7-10-28-14-18/h7-8,10,12-14,32H,9,11,15-16H2,1-6H3,(H,29,30,33). The molecule has 0 saturated carbocycles. The summed E-state index contributed by atoms with van der Waals surface area (Å²) >= 11 is 0. The predicted molar refractivity (Wildman–Crippen MR) is 131 cm³/mol. The molecule has 0 bridgehead atoms. The van der Waals surface area contributed by atoms with E-state index < -0.39 is 0 Å². The number of aromatic hydroxyl groups is 1. The Balaban J connectivity index is 1.66. The zero-order chi connectivity index (χ0) is 24.0. The zero-order valence-electron chi connectivity index (χ0n) is 20.5. The Morgan fingerprint density at radius 2 is 1.76 bits per heavy atom. The normalized spacial score (nSPS) is 14.8. The molecule has 2 aromatic heterocycles. The van der Waals surface area contributed by atoms with Crippen molar-refractivity contribution in [2.75, 3.05) is 6.54 Å². The Morgan fingerprint density at radius 3 is 2.33 bits per heavy atom. The lowest BCUT2D eigenvalue weighted by molar-refractivity contribution is 0.240. The van der Waals surface area contributed by atoms with Gasteiger partial charge in [0.1, 0.15) is 11.6 Å². The molecule has 4 rings (SSSR count). The molecule has 0 atom stereocenters. The number of aromatic nitrogens is 3. The number of pyridine rings is 1. The molecule has 3 heterocycles. The number of nitrogens with zero attached hydrogens (tertiary/aromatic N) is 3. The molecule has 0 unspecified atom stereocenters. The maximum absolute atomic E-state index is 12.7. The van der Waals surface area contributed by atoms with Crippen molar-refractivity contribution in [3.05, 3.63) is 75.0 Å². The van der Waals surface area contributed by atoms with Gasteiger partial charge in [0, 0.05) is 43.2 Å². The van der Waals surface area contributed by atoms with Crippen LogP contribution in [0.15, 0.2) is 41.5 Å². The smallest absolute Gasteiger partial charge is 0.254 e. The number of nitrogens with one attached hydrogen (secondary N) is 1. The Kier molecular flexibility index (Phi) is 5.91. The largest absolute Gasteiger partial charge is 0.507 e. The van der Waals surface area contributed by atoms with Gasteiger partial charge in [-0.25, -0.2) is 4.98 Å². The Bertz CT molecular complexity index is 1180. The highest BCUT2D eigenvalue weighted by Gasteiger charge is 2.28. The number of aromatic amines is 1. The number of benzene rings is 1. The lowest BCUT2D eigenvalue weighted by atomic mass is 9.78. The van der Waals surface area contributed by atoms with Gasteiger partial charge in [0.2, 0.25) is 0 Å². The molecule has 2 N–H and O–H groups in total. The second-order valence-corrected chi connectivity index (χ2v) is 11.1. The van der Waals surface area contributed by atoms with Crippen LogP contribution in [0.2, 0.25) is 0 Å². The fourth-order valence-electron chi connectivity index (χ4n) is 4.46. The summed E-state index contributed by atoms with van der Waals surface area (Å²) in [6.07, 6.45) is 4.09. The monoisotopic (exact) mass is 446 g/mol. The van der Waals surface area contributed by atoms with Crippen molar-refractivity contribution < 1.29 is 5.11 Å². The number of phenolic OH excluding ortho intramolecular Hbond substituents is 1. The molecule has 0 spiro atoms. The number of hydrogen-bond donors (Lipinski definition) is 2. The molecule has 0 saturated heterocycles. The number of hydrogen-bond acceptors (Lipinski definition) is 5. The average Bonchev–Trinajstić information content (AvgIpc) is 2.73. The molecule has 33 heavy (non-hydrogen) atoms. The summed E-state index contributed by atoms with van der Waals surface area (Å²) in [7, 11) is 0. The van der Waals surface area contributed by atoms with Gasteiger partial charge < -0.3 is 10.1 Å². The van der Waals surface area contributed by atoms with Gasteiger partial charge >= 0.3 is 0 Å². The van der Waals surface area contributed by atoms with Gasteiger partial charge in [-0.2, -0.15) is 0 Å². The first-order chi connectivity index (χ1) is 15.4. The summed E-state index contributed by atoms with van der Waals surface area (Å²) < 4.78 is 0. The second kappa shape index (κ2) is 8.41. The van der Waals surface area contributed by atoms with E-state index in [0.29, 0.717) is 24.5 Å². The van der Waals surface area contributed by atoms with Crippen molar-refractivity contribution in [3.8, 4) is 17.1 Å². The van der Waals surface area contributed by atoms with Crippen molar-refractivity contribution >= 4 is 0 Å². The molecule has 0 aliphatic carbocycles. The van der Waals surface area contributed by atoms with E-state index >= 15 is 0 Å². The fraction of sp³-hybridized carbons (Fsp3) is 0.444. The van der Waals surface area contributed by atoms with Crippen molar-refractivity contribution in [3.63, 3.8) is 0 Å². The van der Waals surface area contributed by atoms with Crippen LogP contribution in [0.1, 0.15) is 69.5 Å². The van der Waals surface area contributed by atoms with Crippen LogP contribution < -0.4 is 5.56 Å². The zero-order valence-corrected chi connectivity index (χ0v) is 20.5. The van der Waals surface area contributed by atoms with Crippen LogP contribution in [0.3, 0.4) is 0 Å². The highest BCUT2D eigenvalue weighted by Crippen LogP contribution is 2.40. The fourth-order valence-corrected chi connectivity index (χ4v) is 4.46. The minimum absolute atomic E-state index is 0.0619. The van der Waals surface area contributed by atoms with Gasteiger partial charge in [-0.15, -0.1) is 0 Å². The topological polar surface area (TPSA) is 82.1 Å². The molecular weight excluding hydrogens is 412 g/mol. The second-order valence-electron chi connectivity index (χ2n) is 11.1. The molecule has 1 aromatic carbocycles. The van der Waals surface area contributed by atoms with Gasteiger partial charge in [-0.1, -0.05) is 53.7 Å². The molecule has 174 valence electrons. The quantitative estimate of drug-likeness (QED) is 0.610. The molecule has 3 aromatic rings. The lowest BCUT2D eigenvalue weighted by Crippen LogP contribution is -2.35. The molecule has 0 radical (unpaired) electrons. The summed E-state index contributed by atoms with van der Waals surface area (Å²) in [5.74, 6) is 0.959. The Labute approximate surface area is 195 Å². The van der Waals surface area contributed by atoms with Crippen molar-refractivity contribution in [2.45, 2.75) is 71.9 Å². The maximum atomic E-state index is 12.7. The van der Waals surface area contributed by atoms with Crippen LogP contribution in [-0.2, 0) is 30.3 Å².